The zero-order valence-electron chi connectivity index (χ0n) is 19.4. The standard InChI is InChI=1S/C27H23F2N3O4/c1-15-24(21(33)13-27(26(30)35)18-7-3-2-6-16(18)12-23(27)34)32-11-5-10-22(25(32)31-15)36-14-17-19(28)8-4-9-20(17)29/h2-11,23,34H,12-14H2,1H3,(H2,30,35)/t23-,27-/m0/s1. The Morgan fingerprint density at radius 1 is 1.14 bits per heavy atom. The average Bonchev–Trinajstić information content (AvgIpc) is 3.33. The molecule has 3 N–H and O–H groups in total. The molecular formula is C27H23F2N3O4. The summed E-state index contributed by atoms with van der Waals surface area (Å²) in [7, 11) is 0. The molecule has 2 atom stereocenters. The van der Waals surface area contributed by atoms with E-state index in [1.54, 1.807) is 49.5 Å². The Labute approximate surface area is 205 Å². The second-order valence-corrected chi connectivity index (χ2v) is 8.91. The van der Waals surface area contributed by atoms with Gasteiger partial charge in [0, 0.05) is 19.0 Å². The Bertz CT molecular complexity index is 1500. The van der Waals surface area contributed by atoms with Gasteiger partial charge in [0.15, 0.2) is 17.2 Å². The first kappa shape index (κ1) is 23.6. The molecule has 0 bridgehead atoms. The predicted octanol–water partition coefficient (Wildman–Crippen LogP) is 3.41. The van der Waals surface area contributed by atoms with Gasteiger partial charge in [-0.15, -0.1) is 0 Å². The summed E-state index contributed by atoms with van der Waals surface area (Å²) in [6.07, 6.45) is 0.323. The number of carbonyl (C=O) groups is 2. The van der Waals surface area contributed by atoms with Crippen molar-refractivity contribution in [3.05, 3.63) is 101 Å². The lowest BCUT2D eigenvalue weighted by atomic mass is 9.74. The summed E-state index contributed by atoms with van der Waals surface area (Å²) in [6, 6.07) is 13.8. The van der Waals surface area contributed by atoms with Gasteiger partial charge in [-0.05, 0) is 42.3 Å². The molecule has 0 unspecified atom stereocenters. The fourth-order valence-electron chi connectivity index (χ4n) is 5.05. The first-order valence-electron chi connectivity index (χ1n) is 11.4. The minimum absolute atomic E-state index is 0.199. The summed E-state index contributed by atoms with van der Waals surface area (Å²) in [5, 5.41) is 10.9. The summed E-state index contributed by atoms with van der Waals surface area (Å²) in [5.41, 5.74) is 6.13. The molecule has 4 aromatic rings. The minimum atomic E-state index is -1.57. The van der Waals surface area contributed by atoms with Crippen molar-refractivity contribution in [1.29, 1.82) is 0 Å². The number of pyridine rings is 1. The van der Waals surface area contributed by atoms with Crippen LogP contribution in [0.25, 0.3) is 5.65 Å². The molecule has 0 saturated carbocycles. The number of ether oxygens (including phenoxy) is 1. The van der Waals surface area contributed by atoms with Gasteiger partial charge in [-0.2, -0.15) is 0 Å². The maximum Gasteiger partial charge on any atom is 0.231 e. The predicted molar refractivity (Wildman–Crippen MR) is 127 cm³/mol. The molecular weight excluding hydrogens is 468 g/mol. The van der Waals surface area contributed by atoms with E-state index in [9.17, 15) is 23.5 Å². The third-order valence-electron chi connectivity index (χ3n) is 6.85. The number of Topliss-reactive ketones (excluding diaryl/α,β-unsaturated/α-hetero) is 1. The van der Waals surface area contributed by atoms with Crippen molar-refractivity contribution in [1.82, 2.24) is 9.38 Å². The Morgan fingerprint density at radius 3 is 2.58 bits per heavy atom. The molecule has 2 aromatic carbocycles. The van der Waals surface area contributed by atoms with Gasteiger partial charge in [0.2, 0.25) is 5.91 Å². The lowest BCUT2D eigenvalue weighted by Gasteiger charge is -2.30. The SMILES string of the molecule is Cc1nc2c(OCc3c(F)cccc3F)cccn2c1C(=O)C[C@]1(C(N)=O)c2ccccc2C[C@@H]1O. The number of amides is 1. The van der Waals surface area contributed by atoms with Crippen LogP contribution in [0.3, 0.4) is 0 Å². The fraction of sp³-hybridized carbons (Fsp3) is 0.222. The number of nitrogens with two attached hydrogens (primary N) is 1. The summed E-state index contributed by atoms with van der Waals surface area (Å²) in [6.45, 7) is 1.26. The van der Waals surface area contributed by atoms with Crippen LogP contribution in [0.15, 0.2) is 60.8 Å². The van der Waals surface area contributed by atoms with Crippen molar-refractivity contribution in [2.75, 3.05) is 0 Å². The van der Waals surface area contributed by atoms with Crippen LogP contribution >= 0.6 is 0 Å². The number of fused-ring (bicyclic) bond motifs is 2. The average molecular weight is 491 g/mol. The number of benzene rings is 2. The molecule has 0 spiro atoms. The van der Waals surface area contributed by atoms with Gasteiger partial charge in [-0.25, -0.2) is 13.8 Å². The number of ketones is 1. The van der Waals surface area contributed by atoms with Crippen LogP contribution < -0.4 is 10.5 Å². The smallest absolute Gasteiger partial charge is 0.231 e. The van der Waals surface area contributed by atoms with Gasteiger partial charge >= 0.3 is 0 Å². The number of hydrogen-bond acceptors (Lipinski definition) is 5. The third kappa shape index (κ3) is 3.63. The second-order valence-electron chi connectivity index (χ2n) is 8.91. The van der Waals surface area contributed by atoms with Crippen molar-refractivity contribution < 1.29 is 28.2 Å². The van der Waals surface area contributed by atoms with Crippen LogP contribution in [0.5, 0.6) is 5.75 Å². The number of rotatable bonds is 7. The zero-order valence-corrected chi connectivity index (χ0v) is 19.4. The van der Waals surface area contributed by atoms with E-state index in [1.807, 2.05) is 0 Å². The Morgan fingerprint density at radius 2 is 1.86 bits per heavy atom. The van der Waals surface area contributed by atoms with Crippen molar-refractivity contribution in [3.63, 3.8) is 0 Å². The largest absolute Gasteiger partial charge is 0.485 e. The van der Waals surface area contributed by atoms with Crippen LogP contribution in [-0.4, -0.2) is 32.3 Å². The molecule has 2 heterocycles. The quantitative estimate of drug-likeness (QED) is 0.386. The fourth-order valence-corrected chi connectivity index (χ4v) is 5.05. The Balaban J connectivity index is 1.50. The summed E-state index contributed by atoms with van der Waals surface area (Å²) < 4.78 is 35.2. The van der Waals surface area contributed by atoms with E-state index >= 15 is 0 Å². The highest BCUT2D eigenvalue weighted by atomic mass is 19.1. The first-order valence-corrected chi connectivity index (χ1v) is 11.4. The molecule has 7 nitrogen and oxygen atoms in total. The van der Waals surface area contributed by atoms with Gasteiger partial charge in [-0.1, -0.05) is 30.3 Å². The van der Waals surface area contributed by atoms with E-state index in [1.165, 1.54) is 10.5 Å². The molecule has 184 valence electrons. The lowest BCUT2D eigenvalue weighted by Crippen LogP contribution is -2.49. The monoisotopic (exact) mass is 491 g/mol. The maximum absolute atomic E-state index is 14.0. The number of hydrogen-bond donors (Lipinski definition) is 2. The lowest BCUT2D eigenvalue weighted by molar-refractivity contribution is -0.127. The minimum Gasteiger partial charge on any atom is -0.485 e. The topological polar surface area (TPSA) is 107 Å². The van der Waals surface area contributed by atoms with E-state index in [2.05, 4.69) is 4.98 Å². The number of aliphatic hydroxyl groups excluding tert-OH is 1. The van der Waals surface area contributed by atoms with Gasteiger partial charge in [0.25, 0.3) is 0 Å². The highest BCUT2D eigenvalue weighted by Gasteiger charge is 2.52. The van der Waals surface area contributed by atoms with Gasteiger partial charge < -0.3 is 15.6 Å². The summed E-state index contributed by atoms with van der Waals surface area (Å²) in [5.74, 6) is -2.46. The molecule has 0 radical (unpaired) electrons. The van der Waals surface area contributed by atoms with E-state index < -0.39 is 34.8 Å². The molecule has 2 aromatic heterocycles. The van der Waals surface area contributed by atoms with Crippen molar-refractivity contribution in [2.45, 2.75) is 37.9 Å². The number of imidazole rings is 1. The van der Waals surface area contributed by atoms with Crippen LogP contribution in [-0.2, 0) is 23.2 Å². The Kier molecular flexibility index (Phi) is 5.80. The molecule has 0 saturated heterocycles. The van der Waals surface area contributed by atoms with E-state index in [-0.39, 0.29) is 42.1 Å². The highest BCUT2D eigenvalue weighted by Crippen LogP contribution is 2.42. The summed E-state index contributed by atoms with van der Waals surface area (Å²) in [4.78, 5) is 30.8. The number of aryl methyl sites for hydroxylation is 1. The molecule has 1 aliphatic carbocycles. The van der Waals surface area contributed by atoms with Gasteiger partial charge in [0.1, 0.15) is 29.4 Å². The van der Waals surface area contributed by atoms with Crippen LogP contribution in [0.2, 0.25) is 0 Å². The normalized spacial score (nSPS) is 18.8. The molecule has 1 aliphatic rings. The number of nitrogens with zero attached hydrogens (tertiary/aromatic N) is 2. The van der Waals surface area contributed by atoms with E-state index in [0.29, 0.717) is 11.3 Å². The molecule has 5 rings (SSSR count). The van der Waals surface area contributed by atoms with E-state index in [0.717, 1.165) is 17.7 Å². The van der Waals surface area contributed by atoms with Crippen LogP contribution in [0.1, 0.15) is 39.3 Å². The number of carbonyl (C=O) groups excluding carboxylic acids is 2. The summed E-state index contributed by atoms with van der Waals surface area (Å²) >= 11 is 0. The molecule has 0 fully saturated rings. The third-order valence-corrected chi connectivity index (χ3v) is 6.85. The Hall–Kier alpha value is -4.11. The van der Waals surface area contributed by atoms with Gasteiger partial charge in [-0.3, -0.25) is 14.0 Å². The van der Waals surface area contributed by atoms with Crippen molar-refractivity contribution in [2.24, 2.45) is 5.73 Å². The zero-order chi connectivity index (χ0) is 25.6. The first-order chi connectivity index (χ1) is 17.2. The van der Waals surface area contributed by atoms with Gasteiger partial charge in [0.05, 0.1) is 17.4 Å². The van der Waals surface area contributed by atoms with Crippen LogP contribution in [0.4, 0.5) is 8.78 Å². The van der Waals surface area contributed by atoms with Crippen molar-refractivity contribution in [3.8, 4) is 5.75 Å². The van der Waals surface area contributed by atoms with Crippen LogP contribution in [0, 0.1) is 18.6 Å². The number of aromatic nitrogens is 2. The van der Waals surface area contributed by atoms with Crippen molar-refractivity contribution >= 4 is 17.3 Å². The number of halogens is 2. The van der Waals surface area contributed by atoms with E-state index in [4.69, 9.17) is 10.5 Å². The maximum atomic E-state index is 14.0. The molecule has 0 aliphatic heterocycles. The number of aliphatic hydroxyl groups is 1. The molecule has 36 heavy (non-hydrogen) atoms. The molecule has 9 heteroatoms. The molecule has 1 amide bonds. The highest BCUT2D eigenvalue weighted by molar-refractivity contribution is 6.02. The number of primary amides is 1. The second kappa shape index (κ2) is 8.83.